The van der Waals surface area contributed by atoms with Gasteiger partial charge in [-0.15, -0.1) is 0 Å². The van der Waals surface area contributed by atoms with Crippen LogP contribution in [0.3, 0.4) is 0 Å². The smallest absolute Gasteiger partial charge is 0.261 e. The van der Waals surface area contributed by atoms with Crippen molar-refractivity contribution in [3.05, 3.63) is 76.9 Å². The number of ether oxygens (including phenoxy) is 5. The zero-order chi connectivity index (χ0) is 29.2. The molecule has 0 bridgehead atoms. The predicted molar refractivity (Wildman–Crippen MR) is 156 cm³/mol. The molecule has 0 saturated carbocycles. The van der Waals surface area contributed by atoms with Gasteiger partial charge in [0.2, 0.25) is 0 Å². The van der Waals surface area contributed by atoms with Gasteiger partial charge in [0.05, 0.1) is 44.1 Å². The highest BCUT2D eigenvalue weighted by Crippen LogP contribution is 2.41. The van der Waals surface area contributed by atoms with E-state index in [-0.39, 0.29) is 18.6 Å². The van der Waals surface area contributed by atoms with E-state index >= 15 is 0 Å². The van der Waals surface area contributed by atoms with Gasteiger partial charge in [0.1, 0.15) is 5.75 Å². The molecule has 0 aliphatic carbocycles. The molecule has 3 aromatic rings. The monoisotopic (exact) mass is 558 g/mol. The fourth-order valence-electron chi connectivity index (χ4n) is 5.06. The van der Waals surface area contributed by atoms with E-state index in [0.29, 0.717) is 74.4 Å². The number of carbonyl (C=O) groups excluding carboxylic acids is 1. The van der Waals surface area contributed by atoms with E-state index in [1.165, 1.54) is 0 Å². The highest BCUT2D eigenvalue weighted by Gasteiger charge is 2.33. The fourth-order valence-corrected chi connectivity index (χ4v) is 5.06. The van der Waals surface area contributed by atoms with E-state index in [1.807, 2.05) is 56.9 Å². The summed E-state index contributed by atoms with van der Waals surface area (Å²) < 4.78 is 29.3. The molecule has 8 heteroatoms. The molecule has 8 nitrogen and oxygen atoms in total. The number of hydrogen-bond donors (Lipinski definition) is 0. The summed E-state index contributed by atoms with van der Waals surface area (Å²) in [6, 6.07) is 18.6. The molecular formula is C33H38N2O6. The maximum atomic E-state index is 13.6. The van der Waals surface area contributed by atoms with Crippen LogP contribution < -0.4 is 23.7 Å². The Morgan fingerprint density at radius 1 is 0.805 bits per heavy atom. The molecule has 1 amide bonds. The Bertz CT molecular complexity index is 1370. The Hall–Kier alpha value is -4.38. The van der Waals surface area contributed by atoms with E-state index < -0.39 is 0 Å². The van der Waals surface area contributed by atoms with Crippen molar-refractivity contribution < 1.29 is 28.5 Å². The average molecular weight is 559 g/mol. The Balaban J connectivity index is 1.67. The van der Waals surface area contributed by atoms with Crippen molar-refractivity contribution in [3.8, 4) is 34.8 Å². The van der Waals surface area contributed by atoms with Crippen LogP contribution in [0.4, 0.5) is 0 Å². The average Bonchev–Trinajstić information content (AvgIpc) is 2.98. The van der Waals surface area contributed by atoms with Gasteiger partial charge < -0.3 is 28.6 Å². The Kier molecular flexibility index (Phi) is 10.3. The van der Waals surface area contributed by atoms with Crippen LogP contribution in [0.2, 0.25) is 0 Å². The zero-order valence-corrected chi connectivity index (χ0v) is 24.3. The lowest BCUT2D eigenvalue weighted by Crippen LogP contribution is -2.43. The third-order valence-electron chi connectivity index (χ3n) is 6.87. The van der Waals surface area contributed by atoms with Gasteiger partial charge in [-0.2, -0.15) is 5.26 Å². The normalized spacial score (nSPS) is 14.0. The van der Waals surface area contributed by atoms with Crippen LogP contribution in [0, 0.1) is 11.3 Å². The molecule has 3 aromatic carbocycles. The van der Waals surface area contributed by atoms with Crippen LogP contribution in [0.25, 0.3) is 0 Å². The Labute approximate surface area is 242 Å². The van der Waals surface area contributed by atoms with Crippen LogP contribution in [-0.4, -0.2) is 50.4 Å². The molecule has 0 spiro atoms. The Morgan fingerprint density at radius 2 is 1.41 bits per heavy atom. The molecule has 0 aromatic heterocycles. The van der Waals surface area contributed by atoms with Gasteiger partial charge in [-0.25, -0.2) is 0 Å². The summed E-state index contributed by atoms with van der Waals surface area (Å²) in [5.41, 5.74) is 3.72. The van der Waals surface area contributed by atoms with Gasteiger partial charge in [0.25, 0.3) is 5.91 Å². The van der Waals surface area contributed by atoms with E-state index in [2.05, 4.69) is 12.1 Å². The van der Waals surface area contributed by atoms with Crippen molar-refractivity contribution in [1.82, 2.24) is 4.90 Å². The minimum absolute atomic E-state index is 0.111. The highest BCUT2D eigenvalue weighted by molar-refractivity contribution is 5.79. The first-order chi connectivity index (χ1) is 20.0. The summed E-state index contributed by atoms with van der Waals surface area (Å²) in [6.45, 7) is 10.3. The first kappa shape index (κ1) is 29.6. The molecule has 1 atom stereocenters. The first-order valence-electron chi connectivity index (χ1n) is 14.2. The molecule has 0 unspecified atom stereocenters. The number of amides is 1. The van der Waals surface area contributed by atoms with Gasteiger partial charge in [0.15, 0.2) is 29.6 Å². The molecule has 0 fully saturated rings. The highest BCUT2D eigenvalue weighted by atomic mass is 16.5. The molecule has 0 radical (unpaired) electrons. The second-order valence-corrected chi connectivity index (χ2v) is 9.49. The van der Waals surface area contributed by atoms with Crippen molar-refractivity contribution in [2.24, 2.45) is 0 Å². The summed E-state index contributed by atoms with van der Waals surface area (Å²) in [7, 11) is 0. The van der Waals surface area contributed by atoms with Gasteiger partial charge in [-0.3, -0.25) is 4.79 Å². The number of benzene rings is 3. The van der Waals surface area contributed by atoms with Crippen LogP contribution in [0.1, 0.15) is 56.0 Å². The molecule has 1 heterocycles. The summed E-state index contributed by atoms with van der Waals surface area (Å²) in [6.07, 6.45) is 1.26. The van der Waals surface area contributed by atoms with Crippen molar-refractivity contribution in [3.63, 3.8) is 0 Å². The summed E-state index contributed by atoms with van der Waals surface area (Å²) in [5.74, 6) is 3.20. The third kappa shape index (κ3) is 7.23. The van der Waals surface area contributed by atoms with Crippen LogP contribution in [0.15, 0.2) is 54.6 Å². The minimum atomic E-state index is -0.252. The predicted octanol–water partition coefficient (Wildman–Crippen LogP) is 5.90. The number of fused-ring (bicyclic) bond motifs is 1. The lowest BCUT2D eigenvalue weighted by Gasteiger charge is -2.38. The maximum Gasteiger partial charge on any atom is 0.261 e. The van der Waals surface area contributed by atoms with Crippen LogP contribution >= 0.6 is 0 Å². The molecular weight excluding hydrogens is 520 g/mol. The van der Waals surface area contributed by atoms with Gasteiger partial charge in [0, 0.05) is 6.54 Å². The lowest BCUT2D eigenvalue weighted by molar-refractivity contribution is -0.136. The second-order valence-electron chi connectivity index (χ2n) is 9.49. The van der Waals surface area contributed by atoms with Crippen molar-refractivity contribution in [2.45, 2.75) is 46.6 Å². The summed E-state index contributed by atoms with van der Waals surface area (Å²) >= 11 is 0. The van der Waals surface area contributed by atoms with Gasteiger partial charge in [-0.1, -0.05) is 6.07 Å². The molecule has 4 rings (SSSR count). The fraction of sp³-hybridized carbons (Fsp3) is 0.394. The van der Waals surface area contributed by atoms with Crippen molar-refractivity contribution >= 4 is 5.91 Å². The van der Waals surface area contributed by atoms with Crippen LogP contribution in [0.5, 0.6) is 28.7 Å². The molecule has 1 aliphatic heterocycles. The van der Waals surface area contributed by atoms with Gasteiger partial charge in [-0.05, 0) is 106 Å². The standard InChI is InChI=1S/C33H38N2O6/c1-5-37-29-14-11-24(18-30(29)38-6-2)17-28-27-20-32(40-8-4)31(39-7-3)19-25(27)15-16-35(28)33(36)22-41-26-12-9-23(21-34)10-13-26/h9-14,18-20,28H,5-8,15-17,22H2,1-4H3/t28-/m0/s1. The molecule has 216 valence electrons. The zero-order valence-electron chi connectivity index (χ0n) is 24.3. The number of carbonyl (C=O) groups is 1. The summed E-state index contributed by atoms with van der Waals surface area (Å²) in [4.78, 5) is 15.5. The lowest BCUT2D eigenvalue weighted by atomic mass is 9.88. The molecule has 0 saturated heterocycles. The molecule has 0 N–H and O–H groups in total. The van der Waals surface area contributed by atoms with E-state index in [1.54, 1.807) is 24.3 Å². The number of rotatable bonds is 13. The van der Waals surface area contributed by atoms with Crippen molar-refractivity contribution in [2.75, 3.05) is 39.6 Å². The van der Waals surface area contributed by atoms with E-state index in [9.17, 15) is 4.79 Å². The number of nitrogens with zero attached hydrogens (tertiary/aromatic N) is 2. The van der Waals surface area contributed by atoms with E-state index in [4.69, 9.17) is 28.9 Å². The van der Waals surface area contributed by atoms with Crippen molar-refractivity contribution in [1.29, 1.82) is 5.26 Å². The molecule has 41 heavy (non-hydrogen) atoms. The maximum absolute atomic E-state index is 13.6. The number of hydrogen-bond acceptors (Lipinski definition) is 7. The van der Waals surface area contributed by atoms with Gasteiger partial charge >= 0.3 is 0 Å². The quantitative estimate of drug-likeness (QED) is 0.258. The van der Waals surface area contributed by atoms with E-state index in [0.717, 1.165) is 22.4 Å². The van der Waals surface area contributed by atoms with Crippen LogP contribution in [-0.2, 0) is 17.6 Å². The molecule has 1 aliphatic rings. The minimum Gasteiger partial charge on any atom is -0.490 e. The largest absolute Gasteiger partial charge is 0.490 e. The Morgan fingerprint density at radius 3 is 2.05 bits per heavy atom. The first-order valence-corrected chi connectivity index (χ1v) is 14.2. The SMILES string of the molecule is CCOc1ccc(C[C@H]2c3cc(OCC)c(OCC)cc3CCN2C(=O)COc2ccc(C#N)cc2)cc1OCC. The third-order valence-corrected chi connectivity index (χ3v) is 6.87. The summed E-state index contributed by atoms with van der Waals surface area (Å²) in [5, 5.41) is 9.05. The number of nitriles is 1. The second kappa shape index (κ2) is 14.3. The topological polar surface area (TPSA) is 90.3 Å².